The van der Waals surface area contributed by atoms with E-state index in [0.29, 0.717) is 5.92 Å². The van der Waals surface area contributed by atoms with Crippen LogP contribution in [-0.2, 0) is 11.2 Å². The Kier molecular flexibility index (Phi) is 4.99. The van der Waals surface area contributed by atoms with Gasteiger partial charge >= 0.3 is 5.97 Å². The maximum absolute atomic E-state index is 12.5. The van der Waals surface area contributed by atoms with Crippen LogP contribution in [0.1, 0.15) is 49.0 Å². The third-order valence-electron chi connectivity index (χ3n) is 4.21. The standard InChI is InChI=1S/C17H23NO3/c1-12-5-3-6-13(2)18(11-12)16(19)10-14-7-4-8-15(9-14)17(20)21/h4,7-9,12-13H,3,5-6,10-11H2,1-2H3,(H,20,21). The number of hydrogen-bond acceptors (Lipinski definition) is 2. The molecule has 2 unspecified atom stereocenters. The Morgan fingerprint density at radius 3 is 2.76 bits per heavy atom. The number of amides is 1. The SMILES string of the molecule is CC1CCCC(C)N(C(=O)Cc2cccc(C(=O)O)c2)C1. The quantitative estimate of drug-likeness (QED) is 0.930. The van der Waals surface area contributed by atoms with Crippen molar-refractivity contribution in [2.45, 2.75) is 45.6 Å². The number of nitrogens with zero attached hydrogens (tertiary/aromatic N) is 1. The average Bonchev–Trinajstić information content (AvgIpc) is 2.60. The minimum atomic E-state index is -0.957. The van der Waals surface area contributed by atoms with E-state index >= 15 is 0 Å². The van der Waals surface area contributed by atoms with Gasteiger partial charge < -0.3 is 10.0 Å². The van der Waals surface area contributed by atoms with Crippen LogP contribution in [0, 0.1) is 5.92 Å². The van der Waals surface area contributed by atoms with Crippen LogP contribution in [0.3, 0.4) is 0 Å². The summed E-state index contributed by atoms with van der Waals surface area (Å²) >= 11 is 0. The lowest BCUT2D eigenvalue weighted by molar-refractivity contribution is -0.132. The van der Waals surface area contributed by atoms with E-state index in [0.717, 1.165) is 18.5 Å². The molecule has 4 nitrogen and oxygen atoms in total. The molecular weight excluding hydrogens is 266 g/mol. The first kappa shape index (κ1) is 15.5. The van der Waals surface area contributed by atoms with Gasteiger partial charge in [0.2, 0.25) is 5.91 Å². The first-order valence-electron chi connectivity index (χ1n) is 7.59. The highest BCUT2D eigenvalue weighted by Crippen LogP contribution is 2.21. The second-order valence-electron chi connectivity index (χ2n) is 6.11. The van der Waals surface area contributed by atoms with E-state index in [1.54, 1.807) is 18.2 Å². The molecule has 1 aromatic rings. The van der Waals surface area contributed by atoms with Crippen LogP contribution in [0.25, 0.3) is 0 Å². The molecular formula is C17H23NO3. The van der Waals surface area contributed by atoms with Crippen molar-refractivity contribution in [1.82, 2.24) is 4.90 Å². The van der Waals surface area contributed by atoms with Crippen LogP contribution < -0.4 is 0 Å². The largest absolute Gasteiger partial charge is 0.478 e. The number of carbonyl (C=O) groups is 2. The maximum Gasteiger partial charge on any atom is 0.335 e. The van der Waals surface area contributed by atoms with Gasteiger partial charge in [-0.15, -0.1) is 0 Å². The lowest BCUT2D eigenvalue weighted by Gasteiger charge is -2.29. The summed E-state index contributed by atoms with van der Waals surface area (Å²) in [6.07, 6.45) is 3.66. The average molecular weight is 289 g/mol. The van der Waals surface area contributed by atoms with Crippen LogP contribution in [0.4, 0.5) is 0 Å². The molecule has 1 N–H and O–H groups in total. The first-order valence-corrected chi connectivity index (χ1v) is 7.59. The predicted molar refractivity (Wildman–Crippen MR) is 81.3 cm³/mol. The van der Waals surface area contributed by atoms with Gasteiger partial charge in [-0.3, -0.25) is 4.79 Å². The predicted octanol–water partition coefficient (Wildman–Crippen LogP) is 2.96. The zero-order chi connectivity index (χ0) is 15.4. The number of hydrogen-bond donors (Lipinski definition) is 1. The summed E-state index contributed by atoms with van der Waals surface area (Å²) < 4.78 is 0. The molecule has 2 rings (SSSR count). The third-order valence-corrected chi connectivity index (χ3v) is 4.21. The van der Waals surface area contributed by atoms with Crippen LogP contribution in [0.5, 0.6) is 0 Å². The number of rotatable bonds is 3. The van der Waals surface area contributed by atoms with E-state index in [9.17, 15) is 9.59 Å². The van der Waals surface area contributed by atoms with E-state index in [1.165, 1.54) is 12.8 Å². The molecule has 4 heteroatoms. The van der Waals surface area contributed by atoms with Crippen LogP contribution in [0.2, 0.25) is 0 Å². The number of benzene rings is 1. The Bertz CT molecular complexity index is 527. The van der Waals surface area contributed by atoms with E-state index in [-0.39, 0.29) is 23.9 Å². The van der Waals surface area contributed by atoms with Gasteiger partial charge in [0.25, 0.3) is 0 Å². The monoisotopic (exact) mass is 289 g/mol. The molecule has 21 heavy (non-hydrogen) atoms. The lowest BCUT2D eigenvalue weighted by atomic mass is 10.1. The highest BCUT2D eigenvalue weighted by atomic mass is 16.4. The van der Waals surface area contributed by atoms with E-state index in [4.69, 9.17) is 5.11 Å². The van der Waals surface area contributed by atoms with Crippen molar-refractivity contribution < 1.29 is 14.7 Å². The Morgan fingerprint density at radius 2 is 2.05 bits per heavy atom. The summed E-state index contributed by atoms with van der Waals surface area (Å²) in [6.45, 7) is 5.09. The van der Waals surface area contributed by atoms with Crippen molar-refractivity contribution in [2.24, 2.45) is 5.92 Å². The van der Waals surface area contributed by atoms with Gasteiger partial charge in [-0.1, -0.05) is 25.5 Å². The summed E-state index contributed by atoms with van der Waals surface area (Å²) in [5, 5.41) is 9.01. The Morgan fingerprint density at radius 1 is 1.29 bits per heavy atom. The van der Waals surface area contributed by atoms with Crippen molar-refractivity contribution in [3.63, 3.8) is 0 Å². The fourth-order valence-corrected chi connectivity index (χ4v) is 2.96. The molecule has 1 heterocycles. The molecule has 114 valence electrons. The van der Waals surface area contributed by atoms with Crippen molar-refractivity contribution in [3.05, 3.63) is 35.4 Å². The van der Waals surface area contributed by atoms with Gasteiger partial charge in [-0.05, 0) is 43.4 Å². The molecule has 1 aliphatic rings. The molecule has 1 aliphatic heterocycles. The molecule has 2 atom stereocenters. The number of carboxylic acids is 1. The van der Waals surface area contributed by atoms with Crippen LogP contribution >= 0.6 is 0 Å². The van der Waals surface area contributed by atoms with Gasteiger partial charge in [0.05, 0.1) is 12.0 Å². The highest BCUT2D eigenvalue weighted by molar-refractivity contribution is 5.88. The summed E-state index contributed by atoms with van der Waals surface area (Å²) in [5.74, 6) is -0.330. The molecule has 1 aromatic carbocycles. The Hall–Kier alpha value is -1.84. The summed E-state index contributed by atoms with van der Waals surface area (Å²) in [7, 11) is 0. The fourth-order valence-electron chi connectivity index (χ4n) is 2.96. The number of likely N-dealkylation sites (tertiary alicyclic amines) is 1. The van der Waals surface area contributed by atoms with Crippen molar-refractivity contribution in [3.8, 4) is 0 Å². The molecule has 1 fully saturated rings. The smallest absolute Gasteiger partial charge is 0.335 e. The van der Waals surface area contributed by atoms with Gasteiger partial charge in [0, 0.05) is 12.6 Å². The van der Waals surface area contributed by atoms with Crippen LogP contribution in [-0.4, -0.2) is 34.5 Å². The summed E-state index contributed by atoms with van der Waals surface area (Å²) in [4.78, 5) is 25.5. The van der Waals surface area contributed by atoms with E-state index in [1.807, 2.05) is 11.0 Å². The highest BCUT2D eigenvalue weighted by Gasteiger charge is 2.25. The van der Waals surface area contributed by atoms with Crippen molar-refractivity contribution >= 4 is 11.9 Å². The molecule has 0 bridgehead atoms. The van der Waals surface area contributed by atoms with Gasteiger partial charge in [-0.2, -0.15) is 0 Å². The van der Waals surface area contributed by atoms with Gasteiger partial charge in [0.1, 0.15) is 0 Å². The van der Waals surface area contributed by atoms with Crippen molar-refractivity contribution in [1.29, 1.82) is 0 Å². The lowest BCUT2D eigenvalue weighted by Crippen LogP contribution is -2.40. The molecule has 1 amide bonds. The molecule has 0 saturated carbocycles. The Labute approximate surface area is 125 Å². The first-order chi connectivity index (χ1) is 9.97. The molecule has 0 aromatic heterocycles. The van der Waals surface area contributed by atoms with Crippen LogP contribution in [0.15, 0.2) is 24.3 Å². The third kappa shape index (κ3) is 4.06. The zero-order valence-electron chi connectivity index (χ0n) is 12.7. The van der Waals surface area contributed by atoms with Gasteiger partial charge in [0.15, 0.2) is 0 Å². The van der Waals surface area contributed by atoms with Crippen molar-refractivity contribution in [2.75, 3.05) is 6.54 Å². The van der Waals surface area contributed by atoms with E-state index in [2.05, 4.69) is 13.8 Å². The molecule has 1 saturated heterocycles. The topological polar surface area (TPSA) is 57.6 Å². The molecule has 0 spiro atoms. The van der Waals surface area contributed by atoms with Gasteiger partial charge in [-0.25, -0.2) is 4.79 Å². The zero-order valence-corrected chi connectivity index (χ0v) is 12.7. The maximum atomic E-state index is 12.5. The minimum absolute atomic E-state index is 0.0961. The number of aromatic carboxylic acids is 1. The van der Waals surface area contributed by atoms with E-state index < -0.39 is 5.97 Å². The number of carboxylic acid groups (broad SMARTS) is 1. The molecule has 0 aliphatic carbocycles. The fraction of sp³-hybridized carbons (Fsp3) is 0.529. The second-order valence-corrected chi connectivity index (χ2v) is 6.11. The normalized spacial score (nSPS) is 22.7. The number of carbonyl (C=O) groups excluding carboxylic acids is 1. The minimum Gasteiger partial charge on any atom is -0.478 e. The summed E-state index contributed by atoms with van der Waals surface area (Å²) in [6, 6.07) is 6.92. The molecule has 0 radical (unpaired) electrons. The Balaban J connectivity index is 2.09. The second kappa shape index (κ2) is 6.74. The summed E-state index contributed by atoms with van der Waals surface area (Å²) in [5.41, 5.74) is 1.00.